The van der Waals surface area contributed by atoms with Gasteiger partial charge in [0.05, 0.1) is 27.2 Å². The molecule has 33 heavy (non-hydrogen) atoms. The van der Waals surface area contributed by atoms with Gasteiger partial charge < -0.3 is 9.14 Å². The molecule has 0 saturated carbocycles. The fourth-order valence-electron chi connectivity index (χ4n) is 3.50. The van der Waals surface area contributed by atoms with Crippen LogP contribution in [-0.2, 0) is 21.4 Å². The number of fused-ring (bicyclic) bond motifs is 1. The van der Waals surface area contributed by atoms with E-state index < -0.39 is 21.8 Å². The quantitative estimate of drug-likeness (QED) is 0.427. The maximum absolute atomic E-state index is 13.4. The van der Waals surface area contributed by atoms with Gasteiger partial charge in [0.1, 0.15) is 18.5 Å². The van der Waals surface area contributed by atoms with Crippen LogP contribution in [0.3, 0.4) is 0 Å². The van der Waals surface area contributed by atoms with Crippen molar-refractivity contribution in [1.82, 2.24) is 4.40 Å². The third kappa shape index (κ3) is 4.42. The van der Waals surface area contributed by atoms with Gasteiger partial charge in [-0.2, -0.15) is 5.26 Å². The number of carbonyl (C=O) groups excluding carboxylic acids is 1. The van der Waals surface area contributed by atoms with E-state index in [4.69, 9.17) is 4.74 Å². The SMILES string of the molecule is Cc1cc(F)ccc1S(=O)(=O)Nc1ccccc1C(=O)OCc1cn2ccccc2c1C#N. The molecule has 2 aromatic heterocycles. The number of sulfonamides is 1. The largest absolute Gasteiger partial charge is 0.457 e. The van der Waals surface area contributed by atoms with Crippen LogP contribution in [0.5, 0.6) is 0 Å². The summed E-state index contributed by atoms with van der Waals surface area (Å²) in [7, 11) is -4.08. The Morgan fingerprint density at radius 2 is 1.91 bits per heavy atom. The van der Waals surface area contributed by atoms with Crippen LogP contribution in [0.15, 0.2) is 78.0 Å². The van der Waals surface area contributed by atoms with Gasteiger partial charge in [-0.1, -0.05) is 18.2 Å². The summed E-state index contributed by atoms with van der Waals surface area (Å²) in [6.45, 7) is 1.31. The van der Waals surface area contributed by atoms with Crippen molar-refractivity contribution in [1.29, 1.82) is 5.26 Å². The first-order chi connectivity index (χ1) is 15.8. The number of anilines is 1. The summed E-state index contributed by atoms with van der Waals surface area (Å²) >= 11 is 0. The average Bonchev–Trinajstić information content (AvgIpc) is 3.14. The molecule has 0 fully saturated rings. The molecular weight excluding hydrogens is 445 g/mol. The highest BCUT2D eigenvalue weighted by atomic mass is 32.2. The number of pyridine rings is 1. The van der Waals surface area contributed by atoms with Gasteiger partial charge >= 0.3 is 5.97 Å². The number of benzene rings is 2. The number of halogens is 1. The van der Waals surface area contributed by atoms with Crippen LogP contribution in [0.25, 0.3) is 5.52 Å². The molecule has 166 valence electrons. The van der Waals surface area contributed by atoms with Crippen molar-refractivity contribution in [2.24, 2.45) is 0 Å². The molecule has 0 unspecified atom stereocenters. The summed E-state index contributed by atoms with van der Waals surface area (Å²) in [4.78, 5) is 12.7. The van der Waals surface area contributed by atoms with Gasteiger partial charge in [-0.25, -0.2) is 17.6 Å². The summed E-state index contributed by atoms with van der Waals surface area (Å²) in [5.74, 6) is -1.31. The smallest absolute Gasteiger partial charge is 0.340 e. The summed E-state index contributed by atoms with van der Waals surface area (Å²) in [5.41, 5.74) is 1.86. The zero-order valence-corrected chi connectivity index (χ0v) is 18.3. The van der Waals surface area contributed by atoms with Crippen LogP contribution in [0.1, 0.15) is 27.0 Å². The van der Waals surface area contributed by atoms with Crippen molar-refractivity contribution < 1.29 is 22.3 Å². The van der Waals surface area contributed by atoms with Gasteiger partial charge in [0.15, 0.2) is 0 Å². The minimum atomic E-state index is -4.08. The maximum Gasteiger partial charge on any atom is 0.340 e. The Balaban J connectivity index is 1.58. The van der Waals surface area contributed by atoms with E-state index >= 15 is 0 Å². The van der Waals surface area contributed by atoms with Crippen LogP contribution in [0.2, 0.25) is 0 Å². The van der Waals surface area contributed by atoms with Gasteiger partial charge in [0.25, 0.3) is 10.0 Å². The number of aryl methyl sites for hydroxylation is 1. The number of nitrogens with one attached hydrogen (secondary N) is 1. The molecule has 0 aliphatic rings. The van der Waals surface area contributed by atoms with E-state index in [9.17, 15) is 22.9 Å². The molecule has 0 amide bonds. The van der Waals surface area contributed by atoms with E-state index in [0.29, 0.717) is 16.6 Å². The van der Waals surface area contributed by atoms with E-state index in [-0.39, 0.29) is 28.3 Å². The molecular formula is C24H18FN3O4S. The first-order valence-electron chi connectivity index (χ1n) is 9.84. The minimum absolute atomic E-state index is 0.00288. The summed E-state index contributed by atoms with van der Waals surface area (Å²) in [6, 6.07) is 16.9. The van der Waals surface area contributed by atoms with Crippen molar-refractivity contribution in [3.8, 4) is 6.07 Å². The topological polar surface area (TPSA) is 101 Å². The first kappa shape index (κ1) is 22.0. The summed E-state index contributed by atoms with van der Waals surface area (Å²) in [5, 5.41) is 9.50. The van der Waals surface area contributed by atoms with Gasteiger partial charge in [-0.15, -0.1) is 0 Å². The van der Waals surface area contributed by atoms with Gasteiger partial charge in [-0.3, -0.25) is 4.72 Å². The lowest BCUT2D eigenvalue weighted by Crippen LogP contribution is -2.17. The molecule has 0 atom stereocenters. The number of hydrogen-bond donors (Lipinski definition) is 1. The average molecular weight is 463 g/mol. The van der Waals surface area contributed by atoms with Crippen LogP contribution in [0.4, 0.5) is 10.1 Å². The van der Waals surface area contributed by atoms with E-state index in [1.54, 1.807) is 41.1 Å². The number of ether oxygens (including phenoxy) is 1. The summed E-state index contributed by atoms with van der Waals surface area (Å²) in [6.07, 6.45) is 3.48. The molecule has 0 aliphatic heterocycles. The van der Waals surface area contributed by atoms with E-state index in [0.717, 1.165) is 18.2 Å². The second-order valence-electron chi connectivity index (χ2n) is 7.27. The maximum atomic E-state index is 13.4. The van der Waals surface area contributed by atoms with Crippen LogP contribution in [-0.4, -0.2) is 18.8 Å². The Kier molecular flexibility index (Phi) is 5.85. The molecule has 1 N–H and O–H groups in total. The molecule has 2 heterocycles. The van der Waals surface area contributed by atoms with Crippen LogP contribution >= 0.6 is 0 Å². The lowest BCUT2D eigenvalue weighted by Gasteiger charge is -2.13. The third-order valence-electron chi connectivity index (χ3n) is 5.05. The Hall–Kier alpha value is -4.16. The standard InChI is InChI=1S/C24H18FN3O4S/c1-16-12-18(25)9-10-23(16)33(30,31)27-21-7-3-2-6-19(21)24(29)32-15-17-14-28-11-5-4-8-22(28)20(17)13-26/h2-12,14,27H,15H2,1H3. The Morgan fingerprint density at radius 3 is 2.67 bits per heavy atom. The minimum Gasteiger partial charge on any atom is -0.457 e. The lowest BCUT2D eigenvalue weighted by molar-refractivity contribution is 0.0474. The number of aromatic nitrogens is 1. The zero-order chi connectivity index (χ0) is 23.6. The molecule has 0 radical (unpaired) electrons. The Morgan fingerprint density at radius 1 is 1.15 bits per heavy atom. The number of nitriles is 1. The van der Waals surface area contributed by atoms with Crippen molar-refractivity contribution >= 4 is 27.2 Å². The second-order valence-corrected chi connectivity index (χ2v) is 8.92. The third-order valence-corrected chi connectivity index (χ3v) is 6.58. The molecule has 4 aromatic rings. The van der Waals surface area contributed by atoms with Crippen molar-refractivity contribution in [2.75, 3.05) is 4.72 Å². The predicted molar refractivity (Wildman–Crippen MR) is 120 cm³/mol. The fraction of sp³-hybridized carbons (Fsp3) is 0.0833. The highest BCUT2D eigenvalue weighted by molar-refractivity contribution is 7.92. The van der Waals surface area contributed by atoms with E-state index in [2.05, 4.69) is 10.8 Å². The Labute approximate surface area is 189 Å². The number of hydrogen-bond acceptors (Lipinski definition) is 5. The molecule has 0 bridgehead atoms. The highest BCUT2D eigenvalue weighted by Gasteiger charge is 2.22. The zero-order valence-electron chi connectivity index (χ0n) is 17.4. The first-order valence-corrected chi connectivity index (χ1v) is 11.3. The van der Waals surface area contributed by atoms with Gasteiger partial charge in [0, 0.05) is 18.0 Å². The number of rotatable bonds is 6. The highest BCUT2D eigenvalue weighted by Crippen LogP contribution is 2.24. The van der Waals surface area contributed by atoms with Crippen molar-refractivity contribution in [3.05, 3.63) is 101 Å². The van der Waals surface area contributed by atoms with Crippen molar-refractivity contribution in [3.63, 3.8) is 0 Å². The summed E-state index contributed by atoms with van der Waals surface area (Å²) < 4.78 is 48.6. The van der Waals surface area contributed by atoms with Crippen molar-refractivity contribution in [2.45, 2.75) is 18.4 Å². The number of para-hydroxylation sites is 1. The monoisotopic (exact) mass is 463 g/mol. The number of nitrogens with zero attached hydrogens (tertiary/aromatic N) is 2. The molecule has 4 rings (SSSR count). The van der Waals surface area contributed by atoms with E-state index in [1.807, 2.05) is 6.07 Å². The van der Waals surface area contributed by atoms with Gasteiger partial charge in [-0.05, 0) is 55.0 Å². The molecule has 9 heteroatoms. The predicted octanol–water partition coefficient (Wildman–Crippen LogP) is 4.42. The van der Waals surface area contributed by atoms with E-state index in [1.165, 1.54) is 19.1 Å². The molecule has 0 spiro atoms. The molecule has 0 saturated heterocycles. The van der Waals surface area contributed by atoms with Crippen LogP contribution < -0.4 is 4.72 Å². The second kappa shape index (κ2) is 8.76. The number of carbonyl (C=O) groups is 1. The van der Waals surface area contributed by atoms with Crippen LogP contribution in [0, 0.1) is 24.1 Å². The normalized spacial score (nSPS) is 11.2. The Bertz CT molecular complexity index is 1520. The number of esters is 1. The fourth-order valence-corrected chi connectivity index (χ4v) is 4.81. The molecule has 7 nitrogen and oxygen atoms in total. The van der Waals surface area contributed by atoms with Gasteiger partial charge in [0.2, 0.25) is 0 Å². The lowest BCUT2D eigenvalue weighted by atomic mass is 10.2. The molecule has 0 aliphatic carbocycles. The molecule has 2 aromatic carbocycles.